The van der Waals surface area contributed by atoms with Crippen LogP contribution in [0.15, 0.2) is 6.07 Å². The molecule has 19 heavy (non-hydrogen) atoms. The molecule has 1 unspecified atom stereocenters. The van der Waals surface area contributed by atoms with E-state index in [2.05, 4.69) is 24.5 Å². The lowest BCUT2D eigenvalue weighted by molar-refractivity contribution is -0.125. The fourth-order valence-corrected chi connectivity index (χ4v) is 3.34. The van der Waals surface area contributed by atoms with Crippen LogP contribution in [0.2, 0.25) is 0 Å². The Hall–Kier alpha value is -1.29. The molecule has 0 saturated heterocycles. The third-order valence-corrected chi connectivity index (χ3v) is 4.30. The molecule has 1 aromatic rings. The van der Waals surface area contributed by atoms with Crippen LogP contribution in [0.5, 0.6) is 0 Å². The van der Waals surface area contributed by atoms with E-state index in [-0.39, 0.29) is 17.4 Å². The molecular formula is C15H25N3O. The number of primary amides is 1. The zero-order valence-electron chi connectivity index (χ0n) is 12.6. The first kappa shape index (κ1) is 14.1. The van der Waals surface area contributed by atoms with Crippen molar-refractivity contribution in [3.05, 3.63) is 23.0 Å². The van der Waals surface area contributed by atoms with E-state index in [0.717, 1.165) is 18.5 Å². The molecule has 2 rings (SSSR count). The maximum absolute atomic E-state index is 11.8. The summed E-state index contributed by atoms with van der Waals surface area (Å²) in [6.07, 6.45) is 1.90. The monoisotopic (exact) mass is 263 g/mol. The Morgan fingerprint density at radius 1 is 1.47 bits per heavy atom. The van der Waals surface area contributed by atoms with E-state index in [1.54, 1.807) is 0 Å². The summed E-state index contributed by atoms with van der Waals surface area (Å²) in [5.74, 6) is -0.314. The minimum absolute atomic E-state index is 0.0439. The van der Waals surface area contributed by atoms with Crippen LogP contribution in [-0.4, -0.2) is 10.5 Å². The third kappa shape index (κ3) is 2.18. The van der Waals surface area contributed by atoms with Gasteiger partial charge in [-0.15, -0.1) is 0 Å². The van der Waals surface area contributed by atoms with Crippen molar-refractivity contribution in [2.75, 3.05) is 0 Å². The zero-order valence-corrected chi connectivity index (χ0v) is 12.6. The summed E-state index contributed by atoms with van der Waals surface area (Å²) < 4.78 is 2.07. The Bertz CT molecular complexity index is 526. The van der Waals surface area contributed by atoms with Gasteiger partial charge in [0, 0.05) is 17.4 Å². The number of nitrogens with two attached hydrogens (primary N) is 2. The highest BCUT2D eigenvalue weighted by Crippen LogP contribution is 2.42. The molecule has 1 heterocycles. The fourth-order valence-electron chi connectivity index (χ4n) is 3.34. The van der Waals surface area contributed by atoms with Gasteiger partial charge in [-0.25, -0.2) is 0 Å². The normalized spacial score (nSPS) is 22.1. The van der Waals surface area contributed by atoms with Crippen LogP contribution in [0.4, 0.5) is 0 Å². The Labute approximate surface area is 115 Å². The second-order valence-corrected chi connectivity index (χ2v) is 7.10. The van der Waals surface area contributed by atoms with Crippen molar-refractivity contribution in [2.45, 2.75) is 59.0 Å². The van der Waals surface area contributed by atoms with Crippen LogP contribution in [0, 0.1) is 12.3 Å². The van der Waals surface area contributed by atoms with Crippen molar-refractivity contribution in [2.24, 2.45) is 16.9 Å². The molecule has 0 radical (unpaired) electrons. The highest BCUT2D eigenvalue weighted by Gasteiger charge is 2.38. The summed E-state index contributed by atoms with van der Waals surface area (Å²) in [7, 11) is 0. The van der Waals surface area contributed by atoms with Crippen molar-refractivity contribution in [1.82, 2.24) is 4.57 Å². The molecule has 106 valence electrons. The standard InChI is InChI=1S/C15H25N3O/c1-9-6-10-11(16)7-14(2,3)8-12(10)18(9)15(4,5)13(17)19/h6,11H,7-8,16H2,1-5H3,(H2,17,19). The van der Waals surface area contributed by atoms with E-state index < -0.39 is 5.54 Å². The van der Waals surface area contributed by atoms with Crippen LogP contribution in [0.25, 0.3) is 0 Å². The largest absolute Gasteiger partial charge is 0.368 e. The van der Waals surface area contributed by atoms with E-state index in [0.29, 0.717) is 0 Å². The smallest absolute Gasteiger partial charge is 0.243 e. The highest BCUT2D eigenvalue weighted by atomic mass is 16.1. The molecule has 1 atom stereocenters. The molecule has 4 heteroatoms. The number of fused-ring (bicyclic) bond motifs is 1. The quantitative estimate of drug-likeness (QED) is 0.856. The molecule has 0 fully saturated rings. The van der Waals surface area contributed by atoms with Crippen molar-refractivity contribution < 1.29 is 4.79 Å². The Morgan fingerprint density at radius 3 is 2.58 bits per heavy atom. The molecule has 0 saturated carbocycles. The lowest BCUT2D eigenvalue weighted by Crippen LogP contribution is -2.43. The van der Waals surface area contributed by atoms with Gasteiger partial charge in [0.15, 0.2) is 0 Å². The van der Waals surface area contributed by atoms with Gasteiger partial charge in [-0.05, 0) is 50.7 Å². The zero-order chi connectivity index (χ0) is 14.6. The van der Waals surface area contributed by atoms with Crippen LogP contribution in [0.3, 0.4) is 0 Å². The molecule has 1 amide bonds. The third-order valence-electron chi connectivity index (χ3n) is 4.30. The number of hydrogen-bond donors (Lipinski definition) is 2. The molecule has 0 aliphatic heterocycles. The summed E-state index contributed by atoms with van der Waals surface area (Å²) in [5, 5.41) is 0. The number of carbonyl (C=O) groups excluding carboxylic acids is 1. The van der Waals surface area contributed by atoms with Gasteiger partial charge in [-0.1, -0.05) is 13.8 Å². The minimum Gasteiger partial charge on any atom is -0.368 e. The van der Waals surface area contributed by atoms with Gasteiger partial charge in [-0.3, -0.25) is 4.79 Å². The van der Waals surface area contributed by atoms with Crippen LogP contribution in [0.1, 0.15) is 57.1 Å². The SMILES string of the molecule is Cc1cc2c(n1C(C)(C)C(N)=O)CC(C)(C)CC2N. The maximum Gasteiger partial charge on any atom is 0.243 e. The molecule has 4 N–H and O–H groups in total. The second-order valence-electron chi connectivity index (χ2n) is 7.10. The number of amides is 1. The van der Waals surface area contributed by atoms with Crippen molar-refractivity contribution in [1.29, 1.82) is 0 Å². The minimum atomic E-state index is -0.717. The number of aryl methyl sites for hydroxylation is 1. The van der Waals surface area contributed by atoms with Gasteiger partial charge in [0.1, 0.15) is 5.54 Å². The van der Waals surface area contributed by atoms with Gasteiger partial charge < -0.3 is 16.0 Å². The summed E-state index contributed by atoms with van der Waals surface area (Å²) in [6.45, 7) is 10.2. The summed E-state index contributed by atoms with van der Waals surface area (Å²) in [5.41, 5.74) is 14.7. The van der Waals surface area contributed by atoms with E-state index >= 15 is 0 Å². The van der Waals surface area contributed by atoms with Crippen LogP contribution in [-0.2, 0) is 16.8 Å². The molecular weight excluding hydrogens is 238 g/mol. The van der Waals surface area contributed by atoms with E-state index in [9.17, 15) is 4.79 Å². The van der Waals surface area contributed by atoms with Gasteiger partial charge in [-0.2, -0.15) is 0 Å². The first-order chi connectivity index (χ1) is 8.56. The Balaban J connectivity index is 2.63. The number of hydrogen-bond acceptors (Lipinski definition) is 2. The molecule has 1 aliphatic rings. The number of rotatable bonds is 2. The van der Waals surface area contributed by atoms with Crippen molar-refractivity contribution in [3.8, 4) is 0 Å². The summed E-state index contributed by atoms with van der Waals surface area (Å²) in [4.78, 5) is 11.8. The Kier molecular flexibility index (Phi) is 3.05. The average Bonchev–Trinajstić information content (AvgIpc) is 2.53. The predicted octanol–water partition coefficient (Wildman–Crippen LogP) is 1.99. The van der Waals surface area contributed by atoms with Crippen LogP contribution >= 0.6 is 0 Å². The average molecular weight is 263 g/mol. The lowest BCUT2D eigenvalue weighted by atomic mass is 9.74. The second kappa shape index (κ2) is 4.10. The molecule has 0 spiro atoms. The van der Waals surface area contributed by atoms with E-state index in [1.807, 2.05) is 20.8 Å². The Morgan fingerprint density at radius 2 is 2.05 bits per heavy atom. The van der Waals surface area contributed by atoms with E-state index in [4.69, 9.17) is 11.5 Å². The molecule has 0 aromatic carbocycles. The number of nitrogens with zero attached hydrogens (tertiary/aromatic N) is 1. The van der Waals surface area contributed by atoms with E-state index in [1.165, 1.54) is 11.3 Å². The first-order valence-corrected chi connectivity index (χ1v) is 6.83. The summed E-state index contributed by atoms with van der Waals surface area (Å²) in [6, 6.07) is 2.15. The predicted molar refractivity (Wildman–Crippen MR) is 76.7 cm³/mol. The topological polar surface area (TPSA) is 74.0 Å². The van der Waals surface area contributed by atoms with Crippen molar-refractivity contribution >= 4 is 5.91 Å². The highest BCUT2D eigenvalue weighted by molar-refractivity contribution is 5.82. The molecule has 1 aliphatic carbocycles. The van der Waals surface area contributed by atoms with Gasteiger partial charge in [0.25, 0.3) is 0 Å². The van der Waals surface area contributed by atoms with Gasteiger partial charge in [0.2, 0.25) is 5.91 Å². The first-order valence-electron chi connectivity index (χ1n) is 6.83. The van der Waals surface area contributed by atoms with Gasteiger partial charge >= 0.3 is 0 Å². The van der Waals surface area contributed by atoms with Gasteiger partial charge in [0.05, 0.1) is 0 Å². The van der Waals surface area contributed by atoms with Crippen molar-refractivity contribution in [3.63, 3.8) is 0 Å². The summed E-state index contributed by atoms with van der Waals surface area (Å²) >= 11 is 0. The van der Waals surface area contributed by atoms with Crippen LogP contribution < -0.4 is 11.5 Å². The number of carbonyl (C=O) groups is 1. The maximum atomic E-state index is 11.8. The number of aromatic nitrogens is 1. The molecule has 1 aromatic heterocycles. The molecule has 0 bridgehead atoms. The molecule has 4 nitrogen and oxygen atoms in total. The fraction of sp³-hybridized carbons (Fsp3) is 0.667. The lowest BCUT2D eigenvalue weighted by Gasteiger charge is -2.37.